The lowest BCUT2D eigenvalue weighted by atomic mass is 10.0. The molecule has 108 valence electrons. The number of hydrogen-bond acceptors (Lipinski definition) is 5. The van der Waals surface area contributed by atoms with Gasteiger partial charge in [-0.05, 0) is 12.1 Å². The molecule has 0 atom stereocenters. The van der Waals surface area contributed by atoms with Crippen LogP contribution < -0.4 is 0 Å². The number of aromatic hydroxyl groups is 1. The van der Waals surface area contributed by atoms with Gasteiger partial charge in [0, 0.05) is 23.8 Å². The molecule has 0 heterocycles. The van der Waals surface area contributed by atoms with Gasteiger partial charge in [0.05, 0.1) is 25.5 Å². The standard InChI is InChI=1S/C12H6Cl2N2O5/c13-8-5-6(15(18)19)1-2-7(8)11-9(16(20)21)3-4-10(17)12(11)14/h1-5,17H. The first-order valence-corrected chi connectivity index (χ1v) is 6.18. The molecule has 0 bridgehead atoms. The van der Waals surface area contributed by atoms with Crippen LogP contribution in [0.1, 0.15) is 0 Å². The summed E-state index contributed by atoms with van der Waals surface area (Å²) in [7, 11) is 0. The van der Waals surface area contributed by atoms with Crippen molar-refractivity contribution in [2.24, 2.45) is 0 Å². The van der Waals surface area contributed by atoms with E-state index in [0.717, 1.165) is 24.3 Å². The second-order valence-electron chi connectivity index (χ2n) is 3.97. The maximum absolute atomic E-state index is 11.1. The third-order valence-electron chi connectivity index (χ3n) is 2.73. The van der Waals surface area contributed by atoms with Crippen molar-refractivity contribution in [1.29, 1.82) is 0 Å². The van der Waals surface area contributed by atoms with E-state index in [1.54, 1.807) is 0 Å². The fourth-order valence-corrected chi connectivity index (χ4v) is 2.31. The van der Waals surface area contributed by atoms with E-state index in [0.29, 0.717) is 0 Å². The zero-order valence-electron chi connectivity index (χ0n) is 10.1. The number of nitrogens with zero attached hydrogens (tertiary/aromatic N) is 2. The van der Waals surface area contributed by atoms with Gasteiger partial charge in [-0.2, -0.15) is 0 Å². The number of nitro benzene ring substituents is 2. The van der Waals surface area contributed by atoms with Gasteiger partial charge in [0.15, 0.2) is 0 Å². The molecule has 21 heavy (non-hydrogen) atoms. The summed E-state index contributed by atoms with van der Waals surface area (Å²) in [5.74, 6) is -0.355. The van der Waals surface area contributed by atoms with Crippen molar-refractivity contribution in [3.63, 3.8) is 0 Å². The summed E-state index contributed by atoms with van der Waals surface area (Å²) in [5.41, 5.74) is -0.604. The molecule has 0 fully saturated rings. The van der Waals surface area contributed by atoms with E-state index >= 15 is 0 Å². The van der Waals surface area contributed by atoms with E-state index in [4.69, 9.17) is 23.2 Å². The van der Waals surface area contributed by atoms with Crippen molar-refractivity contribution in [3.8, 4) is 16.9 Å². The Labute approximate surface area is 127 Å². The monoisotopic (exact) mass is 328 g/mol. The Bertz CT molecular complexity index is 764. The highest BCUT2D eigenvalue weighted by molar-refractivity contribution is 6.38. The van der Waals surface area contributed by atoms with E-state index in [1.807, 2.05) is 0 Å². The molecule has 2 aromatic rings. The van der Waals surface area contributed by atoms with E-state index in [9.17, 15) is 25.3 Å². The van der Waals surface area contributed by atoms with Gasteiger partial charge >= 0.3 is 0 Å². The number of phenols is 1. The Balaban J connectivity index is 2.75. The summed E-state index contributed by atoms with van der Waals surface area (Å²) in [6, 6.07) is 5.61. The molecule has 0 radical (unpaired) electrons. The Morgan fingerprint density at radius 2 is 1.67 bits per heavy atom. The molecule has 0 amide bonds. The van der Waals surface area contributed by atoms with E-state index in [2.05, 4.69) is 0 Å². The predicted molar refractivity (Wildman–Crippen MR) is 76.9 cm³/mol. The van der Waals surface area contributed by atoms with Gasteiger partial charge in [0.25, 0.3) is 11.4 Å². The van der Waals surface area contributed by atoms with Crippen molar-refractivity contribution >= 4 is 34.6 Å². The number of rotatable bonds is 3. The predicted octanol–water partition coefficient (Wildman–Crippen LogP) is 4.18. The SMILES string of the molecule is O=[N+]([O-])c1ccc(-c2c([N+](=O)[O-])ccc(O)c2Cl)c(Cl)c1. The lowest BCUT2D eigenvalue weighted by Crippen LogP contribution is -1.94. The van der Waals surface area contributed by atoms with Crippen molar-refractivity contribution < 1.29 is 15.0 Å². The summed E-state index contributed by atoms with van der Waals surface area (Å²) in [6.07, 6.45) is 0. The minimum absolute atomic E-state index is 0.0835. The third-order valence-corrected chi connectivity index (χ3v) is 3.42. The van der Waals surface area contributed by atoms with Crippen LogP contribution >= 0.6 is 23.2 Å². The normalized spacial score (nSPS) is 10.4. The van der Waals surface area contributed by atoms with Crippen molar-refractivity contribution in [3.05, 3.63) is 60.6 Å². The summed E-state index contributed by atoms with van der Waals surface area (Å²) in [6.45, 7) is 0. The molecular weight excluding hydrogens is 323 g/mol. The topological polar surface area (TPSA) is 107 Å². The molecule has 0 spiro atoms. The van der Waals surface area contributed by atoms with Gasteiger partial charge in [-0.15, -0.1) is 0 Å². The molecule has 0 aliphatic heterocycles. The number of halogens is 2. The number of non-ortho nitro benzene ring substituents is 1. The highest BCUT2D eigenvalue weighted by Gasteiger charge is 2.24. The van der Waals surface area contributed by atoms with Crippen LogP contribution in [0, 0.1) is 20.2 Å². The number of hydrogen-bond donors (Lipinski definition) is 1. The molecule has 7 nitrogen and oxygen atoms in total. The second kappa shape index (κ2) is 5.55. The summed E-state index contributed by atoms with van der Waals surface area (Å²) < 4.78 is 0. The van der Waals surface area contributed by atoms with Crippen molar-refractivity contribution in [2.75, 3.05) is 0 Å². The summed E-state index contributed by atoms with van der Waals surface area (Å²) in [5, 5.41) is 31.0. The molecule has 0 aliphatic rings. The molecule has 0 aromatic heterocycles. The van der Waals surface area contributed by atoms with Gasteiger partial charge in [-0.1, -0.05) is 23.2 Å². The van der Waals surface area contributed by atoms with Gasteiger partial charge < -0.3 is 5.11 Å². The van der Waals surface area contributed by atoms with Crippen LogP contribution in [-0.4, -0.2) is 15.0 Å². The Morgan fingerprint density at radius 3 is 2.19 bits per heavy atom. The van der Waals surface area contributed by atoms with Gasteiger partial charge in [-0.3, -0.25) is 20.2 Å². The molecule has 0 aliphatic carbocycles. The van der Waals surface area contributed by atoms with Crippen molar-refractivity contribution in [1.82, 2.24) is 0 Å². The van der Waals surface area contributed by atoms with Crippen LogP contribution in [0.25, 0.3) is 11.1 Å². The molecule has 0 saturated heterocycles. The minimum atomic E-state index is -0.682. The Kier molecular flexibility index (Phi) is 3.97. The molecule has 1 N–H and O–H groups in total. The van der Waals surface area contributed by atoms with E-state index in [-0.39, 0.29) is 38.3 Å². The van der Waals surface area contributed by atoms with Gasteiger partial charge in [0.2, 0.25) is 0 Å². The fourth-order valence-electron chi connectivity index (χ4n) is 1.78. The molecule has 0 saturated carbocycles. The largest absolute Gasteiger partial charge is 0.506 e. The van der Waals surface area contributed by atoms with E-state index in [1.165, 1.54) is 6.07 Å². The van der Waals surface area contributed by atoms with Crippen LogP contribution in [0.2, 0.25) is 10.0 Å². The van der Waals surface area contributed by atoms with Crippen LogP contribution in [-0.2, 0) is 0 Å². The maximum Gasteiger partial charge on any atom is 0.279 e. The Morgan fingerprint density at radius 1 is 1.00 bits per heavy atom. The summed E-state index contributed by atoms with van der Waals surface area (Å²) >= 11 is 11.8. The number of nitro groups is 2. The van der Waals surface area contributed by atoms with Crippen molar-refractivity contribution in [2.45, 2.75) is 0 Å². The first-order valence-electron chi connectivity index (χ1n) is 5.43. The molecule has 9 heteroatoms. The van der Waals surface area contributed by atoms with Crippen LogP contribution in [0.4, 0.5) is 11.4 Å². The van der Waals surface area contributed by atoms with Gasteiger partial charge in [0.1, 0.15) is 5.75 Å². The van der Waals surface area contributed by atoms with Crippen LogP contribution in [0.15, 0.2) is 30.3 Å². The summed E-state index contributed by atoms with van der Waals surface area (Å²) in [4.78, 5) is 20.4. The molecule has 2 aromatic carbocycles. The molecular formula is C12H6Cl2N2O5. The lowest BCUT2D eigenvalue weighted by molar-refractivity contribution is -0.385. The third kappa shape index (κ3) is 2.74. The lowest BCUT2D eigenvalue weighted by Gasteiger charge is -2.09. The van der Waals surface area contributed by atoms with Crippen LogP contribution in [0.5, 0.6) is 5.75 Å². The van der Waals surface area contributed by atoms with Gasteiger partial charge in [-0.25, -0.2) is 0 Å². The quantitative estimate of drug-likeness (QED) is 0.671. The average molecular weight is 329 g/mol. The Hall–Kier alpha value is -2.38. The first-order chi connectivity index (χ1) is 9.82. The number of phenolic OH excluding ortho intramolecular Hbond substituents is 1. The molecule has 0 unspecified atom stereocenters. The highest BCUT2D eigenvalue weighted by Crippen LogP contribution is 2.44. The smallest absolute Gasteiger partial charge is 0.279 e. The zero-order valence-corrected chi connectivity index (χ0v) is 11.6. The maximum atomic E-state index is 11.1. The fraction of sp³-hybridized carbons (Fsp3) is 0. The van der Waals surface area contributed by atoms with E-state index < -0.39 is 9.85 Å². The first kappa shape index (κ1) is 15.0. The zero-order chi connectivity index (χ0) is 15.7. The van der Waals surface area contributed by atoms with Crippen LogP contribution in [0.3, 0.4) is 0 Å². The minimum Gasteiger partial charge on any atom is -0.506 e. The molecule has 2 rings (SSSR count). The highest BCUT2D eigenvalue weighted by atomic mass is 35.5. The number of benzene rings is 2. The second-order valence-corrected chi connectivity index (χ2v) is 4.76. The average Bonchev–Trinajstić information content (AvgIpc) is 2.41.